The van der Waals surface area contributed by atoms with Crippen LogP contribution in [0.15, 0.2) is 48.2 Å². The minimum absolute atomic E-state index is 0.121. The molecule has 1 atom stereocenters. The van der Waals surface area contributed by atoms with E-state index in [0.717, 1.165) is 37.1 Å². The van der Waals surface area contributed by atoms with Crippen LogP contribution in [0.1, 0.15) is 30.4 Å². The molecule has 24 heavy (non-hydrogen) atoms. The van der Waals surface area contributed by atoms with Crippen molar-refractivity contribution in [2.24, 2.45) is 5.73 Å². The zero-order valence-electron chi connectivity index (χ0n) is 12.9. The number of rotatable bonds is 3. The second kappa shape index (κ2) is 6.65. The van der Waals surface area contributed by atoms with Crippen molar-refractivity contribution in [2.45, 2.75) is 31.5 Å². The molecule has 1 unspecified atom stereocenters. The molecule has 6 heteroatoms. The molecule has 1 aromatic carbocycles. The van der Waals surface area contributed by atoms with Crippen molar-refractivity contribution in [1.82, 2.24) is 4.98 Å². The fourth-order valence-corrected chi connectivity index (χ4v) is 2.68. The third-order valence-electron chi connectivity index (χ3n) is 3.88. The van der Waals surface area contributed by atoms with Gasteiger partial charge in [0.05, 0.1) is 5.56 Å². The molecular weight excluding hydrogens is 317 g/mol. The lowest BCUT2D eigenvalue weighted by Gasteiger charge is -2.08. The zero-order valence-corrected chi connectivity index (χ0v) is 12.9. The second-order valence-electron chi connectivity index (χ2n) is 5.86. The van der Waals surface area contributed by atoms with Crippen LogP contribution < -0.4 is 10.5 Å². The fourth-order valence-electron chi connectivity index (χ4n) is 2.68. The number of hydrogen-bond acceptors (Lipinski definition) is 3. The van der Waals surface area contributed by atoms with Crippen molar-refractivity contribution < 1.29 is 17.9 Å². The maximum absolute atomic E-state index is 12.5. The Bertz CT molecular complexity index is 739. The van der Waals surface area contributed by atoms with Gasteiger partial charge in [-0.25, -0.2) is 4.98 Å². The predicted octanol–water partition coefficient (Wildman–Crippen LogP) is 4.79. The van der Waals surface area contributed by atoms with Crippen LogP contribution in [0.3, 0.4) is 0 Å². The molecule has 0 bridgehead atoms. The minimum atomic E-state index is -4.40. The summed E-state index contributed by atoms with van der Waals surface area (Å²) in [6.45, 7) is 0. The van der Waals surface area contributed by atoms with Gasteiger partial charge in [0.1, 0.15) is 5.75 Å². The van der Waals surface area contributed by atoms with Crippen LogP contribution in [-0.2, 0) is 6.18 Å². The van der Waals surface area contributed by atoms with Crippen LogP contribution in [0.25, 0.3) is 6.08 Å². The number of alkyl halides is 3. The average molecular weight is 334 g/mol. The van der Waals surface area contributed by atoms with Crippen molar-refractivity contribution in [2.75, 3.05) is 0 Å². The highest BCUT2D eigenvalue weighted by Gasteiger charge is 2.30. The van der Waals surface area contributed by atoms with Gasteiger partial charge in [-0.15, -0.1) is 0 Å². The molecule has 3 nitrogen and oxygen atoms in total. The average Bonchev–Trinajstić information content (AvgIpc) is 2.92. The number of benzene rings is 1. The Balaban J connectivity index is 1.73. The first-order valence-corrected chi connectivity index (χ1v) is 7.66. The van der Waals surface area contributed by atoms with Crippen LogP contribution in [0.4, 0.5) is 13.2 Å². The third kappa shape index (κ3) is 4.14. The van der Waals surface area contributed by atoms with E-state index in [2.05, 4.69) is 11.1 Å². The summed E-state index contributed by atoms with van der Waals surface area (Å²) >= 11 is 0. The van der Waals surface area contributed by atoms with E-state index >= 15 is 0 Å². The fraction of sp³-hybridized carbons (Fsp3) is 0.278. The Hall–Kier alpha value is -2.34. The van der Waals surface area contributed by atoms with E-state index in [4.69, 9.17) is 10.5 Å². The SMILES string of the molecule is NC1CCC(=Cc2cccc(Oc3ccc(C(F)(F)F)cn3)c2)C1. The lowest BCUT2D eigenvalue weighted by Crippen LogP contribution is -2.13. The summed E-state index contributed by atoms with van der Waals surface area (Å²) in [5, 5.41) is 0. The smallest absolute Gasteiger partial charge is 0.417 e. The van der Waals surface area contributed by atoms with E-state index < -0.39 is 11.7 Å². The van der Waals surface area contributed by atoms with E-state index in [9.17, 15) is 13.2 Å². The molecule has 0 amide bonds. The van der Waals surface area contributed by atoms with Gasteiger partial charge >= 0.3 is 6.18 Å². The maximum atomic E-state index is 12.5. The Morgan fingerprint density at radius 2 is 2.04 bits per heavy atom. The van der Waals surface area contributed by atoms with Gasteiger partial charge < -0.3 is 10.5 Å². The van der Waals surface area contributed by atoms with Gasteiger partial charge in [0.15, 0.2) is 0 Å². The largest absolute Gasteiger partial charge is 0.439 e. The summed E-state index contributed by atoms with van der Waals surface area (Å²) in [4.78, 5) is 3.71. The lowest BCUT2D eigenvalue weighted by atomic mass is 10.1. The van der Waals surface area contributed by atoms with E-state index in [1.807, 2.05) is 18.2 Å². The van der Waals surface area contributed by atoms with Crippen molar-refractivity contribution in [3.05, 3.63) is 59.3 Å². The number of pyridine rings is 1. The van der Waals surface area contributed by atoms with E-state index in [-0.39, 0.29) is 11.9 Å². The standard InChI is InChI=1S/C18H17F3N2O/c19-18(20,21)14-5-7-17(23-11-14)24-16-3-1-2-12(10-16)8-13-4-6-15(22)9-13/h1-3,5,7-8,10-11,15H,4,6,9,22H2. The monoisotopic (exact) mass is 334 g/mol. The summed E-state index contributed by atoms with van der Waals surface area (Å²) < 4.78 is 43.1. The van der Waals surface area contributed by atoms with Gasteiger partial charge in [-0.05, 0) is 43.0 Å². The number of nitrogens with zero attached hydrogens (tertiary/aromatic N) is 1. The number of ether oxygens (including phenoxy) is 1. The molecule has 3 rings (SSSR count). The number of aromatic nitrogens is 1. The molecule has 1 aromatic heterocycles. The second-order valence-corrected chi connectivity index (χ2v) is 5.86. The normalized spacial score (nSPS) is 19.7. The Morgan fingerprint density at radius 1 is 1.21 bits per heavy atom. The van der Waals surface area contributed by atoms with Gasteiger partial charge in [0.25, 0.3) is 0 Å². The molecule has 1 fully saturated rings. The highest BCUT2D eigenvalue weighted by atomic mass is 19.4. The predicted molar refractivity (Wildman–Crippen MR) is 85.6 cm³/mol. The number of nitrogens with two attached hydrogens (primary N) is 1. The number of halogens is 3. The summed E-state index contributed by atoms with van der Waals surface area (Å²) in [7, 11) is 0. The molecule has 2 aromatic rings. The zero-order chi connectivity index (χ0) is 17.2. The minimum Gasteiger partial charge on any atom is -0.439 e. The Morgan fingerprint density at radius 3 is 2.67 bits per heavy atom. The first kappa shape index (κ1) is 16.5. The van der Waals surface area contributed by atoms with Gasteiger partial charge in [0, 0.05) is 18.3 Å². The first-order chi connectivity index (χ1) is 11.4. The number of hydrogen-bond donors (Lipinski definition) is 1. The highest BCUT2D eigenvalue weighted by molar-refractivity contribution is 5.55. The van der Waals surface area contributed by atoms with Crippen molar-refractivity contribution in [3.8, 4) is 11.6 Å². The molecule has 2 N–H and O–H groups in total. The highest BCUT2D eigenvalue weighted by Crippen LogP contribution is 2.30. The van der Waals surface area contributed by atoms with E-state index in [1.165, 1.54) is 11.6 Å². The maximum Gasteiger partial charge on any atom is 0.417 e. The van der Waals surface area contributed by atoms with Gasteiger partial charge in [-0.3, -0.25) is 0 Å². The van der Waals surface area contributed by atoms with Crippen LogP contribution >= 0.6 is 0 Å². The molecular formula is C18H17F3N2O. The van der Waals surface area contributed by atoms with Crippen LogP contribution in [-0.4, -0.2) is 11.0 Å². The molecule has 1 aliphatic carbocycles. The molecule has 0 spiro atoms. The molecule has 0 saturated heterocycles. The van der Waals surface area contributed by atoms with E-state index in [1.54, 1.807) is 6.07 Å². The Labute approximate surface area is 138 Å². The molecule has 1 saturated carbocycles. The third-order valence-corrected chi connectivity index (χ3v) is 3.88. The van der Waals surface area contributed by atoms with Crippen LogP contribution in [0.5, 0.6) is 11.6 Å². The van der Waals surface area contributed by atoms with Gasteiger partial charge in [0.2, 0.25) is 5.88 Å². The van der Waals surface area contributed by atoms with Gasteiger partial charge in [-0.2, -0.15) is 13.2 Å². The van der Waals surface area contributed by atoms with Crippen molar-refractivity contribution >= 4 is 6.08 Å². The van der Waals surface area contributed by atoms with Crippen LogP contribution in [0.2, 0.25) is 0 Å². The molecule has 1 aliphatic rings. The molecule has 126 valence electrons. The summed E-state index contributed by atoms with van der Waals surface area (Å²) in [5.41, 5.74) is 7.37. The Kier molecular flexibility index (Phi) is 4.57. The summed E-state index contributed by atoms with van der Waals surface area (Å²) in [5.74, 6) is 0.648. The topological polar surface area (TPSA) is 48.1 Å². The quantitative estimate of drug-likeness (QED) is 0.878. The molecule has 0 aliphatic heterocycles. The summed E-state index contributed by atoms with van der Waals surface area (Å²) in [6.07, 6.45) is 1.33. The van der Waals surface area contributed by atoms with Crippen molar-refractivity contribution in [1.29, 1.82) is 0 Å². The lowest BCUT2D eigenvalue weighted by molar-refractivity contribution is -0.137. The van der Waals surface area contributed by atoms with Crippen LogP contribution in [0, 0.1) is 0 Å². The molecule has 0 radical (unpaired) electrons. The first-order valence-electron chi connectivity index (χ1n) is 7.66. The van der Waals surface area contributed by atoms with Gasteiger partial charge in [-0.1, -0.05) is 23.8 Å². The van der Waals surface area contributed by atoms with Crippen molar-refractivity contribution in [3.63, 3.8) is 0 Å². The summed E-state index contributed by atoms with van der Waals surface area (Å²) in [6, 6.07) is 9.74. The van der Waals surface area contributed by atoms with E-state index in [0.29, 0.717) is 5.75 Å². The molecule has 1 heterocycles.